The number of unbranched alkanes of at least 4 members (excludes halogenated alkanes) is 8. The number of hydrogen-bond donors (Lipinski definition) is 0. The zero-order valence-corrected chi connectivity index (χ0v) is 21.3. The molecule has 0 N–H and O–H groups in total. The van der Waals surface area contributed by atoms with E-state index in [1.807, 2.05) is 0 Å². The molecule has 2 nitrogen and oxygen atoms in total. The molecule has 0 saturated heterocycles. The first-order valence-corrected chi connectivity index (χ1v) is 6.77. The maximum absolute atomic E-state index is 10.7. The minimum absolute atomic E-state index is 0. The molecule has 7 heteroatoms. The molecule has 0 atom stereocenters. The summed E-state index contributed by atoms with van der Waals surface area (Å²) >= 11 is 2.68. The Morgan fingerprint density at radius 2 is 1.21 bits per heavy atom. The maximum atomic E-state index is 10.7. The normalized spacial score (nSPS) is 8.11. The van der Waals surface area contributed by atoms with Crippen LogP contribution in [0.25, 0.3) is 0 Å². The van der Waals surface area contributed by atoms with Crippen LogP contribution in [-0.2, 0) is 8.62 Å². The molecular weight excluding hydrogens is 462 g/mol. The van der Waals surface area contributed by atoms with Gasteiger partial charge in [-0.3, -0.25) is 4.79 Å². The predicted molar refractivity (Wildman–Crippen MR) is 66.9 cm³/mol. The summed E-state index contributed by atoms with van der Waals surface area (Å²) in [6.07, 6.45) is 12.0. The van der Waals surface area contributed by atoms with E-state index in [0.717, 1.165) is 12.8 Å². The summed E-state index contributed by atoms with van der Waals surface area (Å²) in [6, 6.07) is 0. The molecular formula is C12H23Br3Na2O2. The van der Waals surface area contributed by atoms with Gasteiger partial charge in [-0.15, -0.1) is 0 Å². The van der Waals surface area contributed by atoms with Crippen LogP contribution in [0, 0.1) is 0 Å². The van der Waals surface area contributed by atoms with Crippen LogP contribution in [0.1, 0.15) is 71.1 Å². The van der Waals surface area contributed by atoms with Crippen molar-refractivity contribution >= 4 is 22.2 Å². The average molecular weight is 485 g/mol. The van der Waals surface area contributed by atoms with Crippen molar-refractivity contribution in [2.45, 2.75) is 71.1 Å². The van der Waals surface area contributed by atoms with Gasteiger partial charge in [-0.1, -0.05) is 58.3 Å². The van der Waals surface area contributed by atoms with Gasteiger partial charge in [0.05, 0.1) is 0 Å². The molecule has 0 aromatic heterocycles. The van der Waals surface area contributed by atoms with Crippen molar-refractivity contribution in [3.63, 3.8) is 0 Å². The number of carbonyl (C=O) groups excluding carboxylic acids is 1. The number of rotatable bonds is 10. The van der Waals surface area contributed by atoms with E-state index in [0.29, 0.717) is 6.42 Å². The Kier molecular flexibility index (Phi) is 51.1. The van der Waals surface area contributed by atoms with Gasteiger partial charge in [-0.25, -0.2) is 0 Å². The number of halogens is 3. The third-order valence-corrected chi connectivity index (χ3v) is 2.93. The van der Waals surface area contributed by atoms with Crippen LogP contribution in [-0.4, -0.2) is 5.97 Å². The molecule has 0 radical (unpaired) electrons. The Morgan fingerprint density at radius 1 is 0.842 bits per heavy atom. The van der Waals surface area contributed by atoms with Gasteiger partial charge in [-0.2, -0.15) is 0 Å². The summed E-state index contributed by atoms with van der Waals surface area (Å²) in [5.41, 5.74) is 0. The Labute approximate surface area is 192 Å². The molecule has 0 aromatic rings. The average Bonchev–Trinajstić information content (AvgIpc) is 2.26. The van der Waals surface area contributed by atoms with Crippen LogP contribution in [0.4, 0.5) is 0 Å². The summed E-state index contributed by atoms with van der Waals surface area (Å²) in [4.78, 5) is 10.7. The summed E-state index contributed by atoms with van der Waals surface area (Å²) in [6.45, 7) is 2.24. The molecule has 106 valence electrons. The Balaban J connectivity index is -0.000000163. The fourth-order valence-corrected chi connectivity index (χ4v) is 1.78. The smallest absolute Gasteiger partial charge is 1.00 e. The van der Waals surface area contributed by atoms with Gasteiger partial charge in [0.25, 0.3) is 0 Å². The fourth-order valence-electron chi connectivity index (χ4n) is 1.62. The second-order valence-electron chi connectivity index (χ2n) is 4.03. The zero-order valence-electron chi connectivity index (χ0n) is 12.5. The summed E-state index contributed by atoms with van der Waals surface area (Å²) < 4.78 is 4.40. The quantitative estimate of drug-likeness (QED) is 0.228. The molecule has 0 aromatic carbocycles. The zero-order chi connectivity index (χ0) is 11.4. The van der Waals surface area contributed by atoms with Crippen molar-refractivity contribution in [1.82, 2.24) is 0 Å². The van der Waals surface area contributed by atoms with Crippen molar-refractivity contribution in [3.8, 4) is 0 Å². The summed E-state index contributed by atoms with van der Waals surface area (Å²) in [7, 11) is 0. The van der Waals surface area contributed by atoms with Crippen LogP contribution < -0.4 is 93.1 Å². The van der Waals surface area contributed by atoms with E-state index in [1.54, 1.807) is 0 Å². The van der Waals surface area contributed by atoms with E-state index >= 15 is 0 Å². The first-order valence-electron chi connectivity index (χ1n) is 6.12. The summed E-state index contributed by atoms with van der Waals surface area (Å²) in [5.74, 6) is -0.155. The largest absolute Gasteiger partial charge is 1.00 e. The van der Waals surface area contributed by atoms with Crippen molar-refractivity contribution in [3.05, 3.63) is 0 Å². The van der Waals surface area contributed by atoms with Crippen molar-refractivity contribution in [2.24, 2.45) is 0 Å². The second-order valence-corrected chi connectivity index (χ2v) is 4.35. The Morgan fingerprint density at radius 3 is 1.58 bits per heavy atom. The van der Waals surface area contributed by atoms with Gasteiger partial charge in [-0.05, 0) is 6.42 Å². The Bertz CT molecular complexity index is 164. The molecule has 0 fully saturated rings. The van der Waals surface area contributed by atoms with E-state index in [4.69, 9.17) is 0 Å². The van der Waals surface area contributed by atoms with Gasteiger partial charge in [0, 0.05) is 6.42 Å². The first kappa shape index (κ1) is 33.5. The number of carbonyl (C=O) groups is 1. The number of hydrogen-bond acceptors (Lipinski definition) is 2. The molecule has 0 unspecified atom stereocenters. The molecule has 0 aliphatic rings. The minimum Gasteiger partial charge on any atom is -1.00 e. The topological polar surface area (TPSA) is 26.3 Å². The predicted octanol–water partition coefficient (Wildman–Crippen LogP) is -7.22. The van der Waals surface area contributed by atoms with E-state index < -0.39 is 0 Å². The van der Waals surface area contributed by atoms with Gasteiger partial charge < -0.3 is 37.8 Å². The van der Waals surface area contributed by atoms with Crippen LogP contribution in [0.5, 0.6) is 0 Å². The van der Waals surface area contributed by atoms with Crippen molar-refractivity contribution in [2.75, 3.05) is 0 Å². The van der Waals surface area contributed by atoms with E-state index in [1.165, 1.54) is 44.9 Å². The summed E-state index contributed by atoms with van der Waals surface area (Å²) in [5, 5.41) is 0. The molecule has 0 rings (SSSR count). The SMILES string of the molecule is CCCCCCCCCCCC(=O)OBr.[Br-].[Br-].[Na+].[Na+]. The molecule has 0 bridgehead atoms. The third kappa shape index (κ3) is 29.5. The van der Waals surface area contributed by atoms with E-state index in [-0.39, 0.29) is 99.0 Å². The molecule has 19 heavy (non-hydrogen) atoms. The van der Waals surface area contributed by atoms with Crippen LogP contribution >= 0.6 is 16.3 Å². The van der Waals surface area contributed by atoms with Crippen molar-refractivity contribution in [1.29, 1.82) is 0 Å². The van der Waals surface area contributed by atoms with Crippen molar-refractivity contribution < 1.29 is 102 Å². The minimum atomic E-state index is -0.155. The monoisotopic (exact) mass is 482 g/mol. The van der Waals surface area contributed by atoms with Gasteiger partial charge in [0.2, 0.25) is 0 Å². The van der Waals surface area contributed by atoms with Crippen LogP contribution in [0.2, 0.25) is 0 Å². The molecule has 0 saturated carbocycles. The van der Waals surface area contributed by atoms with E-state index in [9.17, 15) is 4.79 Å². The molecule has 0 aliphatic carbocycles. The molecule has 0 heterocycles. The standard InChI is InChI=1S/C12H23BrO2.2BrH.2Na/c1-2-3-4-5-6-7-8-9-10-11-12(14)15-13;;;;/h2-11H2,1H3;2*1H;;/q;;;2*+1/p-2. The fraction of sp³-hybridized carbons (Fsp3) is 0.917. The second kappa shape index (κ2) is 29.0. The molecule has 0 aliphatic heterocycles. The maximum Gasteiger partial charge on any atom is 1.00 e. The third-order valence-electron chi connectivity index (χ3n) is 2.57. The Hall–Kier alpha value is 2.91. The first-order chi connectivity index (χ1) is 7.31. The molecule has 0 spiro atoms. The van der Waals surface area contributed by atoms with Gasteiger partial charge in [0.1, 0.15) is 0 Å². The molecule has 0 amide bonds. The van der Waals surface area contributed by atoms with Crippen LogP contribution in [0.3, 0.4) is 0 Å². The van der Waals surface area contributed by atoms with E-state index in [2.05, 4.69) is 27.0 Å². The van der Waals surface area contributed by atoms with Crippen LogP contribution in [0.15, 0.2) is 0 Å². The van der Waals surface area contributed by atoms with Gasteiger partial charge >= 0.3 is 65.1 Å². The van der Waals surface area contributed by atoms with Gasteiger partial charge in [0.15, 0.2) is 16.3 Å².